The second-order valence-corrected chi connectivity index (χ2v) is 7.65. The van der Waals surface area contributed by atoms with Crippen LogP contribution in [0.1, 0.15) is 52.9 Å². The van der Waals surface area contributed by atoms with E-state index in [-0.39, 0.29) is 0 Å². The van der Waals surface area contributed by atoms with Crippen molar-refractivity contribution in [2.45, 2.75) is 64.2 Å². The van der Waals surface area contributed by atoms with Gasteiger partial charge in [0.25, 0.3) is 0 Å². The third kappa shape index (κ3) is 10.4. The summed E-state index contributed by atoms with van der Waals surface area (Å²) >= 11 is 2.08. The molecule has 142 valence electrons. The van der Waals surface area contributed by atoms with Crippen molar-refractivity contribution in [3.05, 3.63) is 0 Å². The molecule has 2 unspecified atom stereocenters. The Bertz CT molecular complexity index is 329. The molecule has 0 aromatic carbocycles. The molecule has 1 rings (SSSR count). The van der Waals surface area contributed by atoms with Gasteiger partial charge in [0, 0.05) is 24.4 Å². The number of rotatable bonds is 13. The molecule has 1 saturated carbocycles. The van der Waals surface area contributed by atoms with Gasteiger partial charge in [0.05, 0.1) is 26.4 Å². The zero-order valence-electron chi connectivity index (χ0n) is 15.8. The monoisotopic (exact) mass is 359 g/mol. The predicted molar refractivity (Wildman–Crippen MR) is 105 cm³/mol. The van der Waals surface area contributed by atoms with Crippen molar-refractivity contribution in [2.75, 3.05) is 45.3 Å². The molecule has 0 radical (unpaired) electrons. The van der Waals surface area contributed by atoms with Crippen molar-refractivity contribution in [3.63, 3.8) is 0 Å². The molecule has 0 aliphatic heterocycles. The fourth-order valence-corrected chi connectivity index (χ4v) is 3.90. The van der Waals surface area contributed by atoms with E-state index in [4.69, 9.17) is 9.47 Å². The van der Waals surface area contributed by atoms with Crippen LogP contribution in [0.5, 0.6) is 0 Å². The van der Waals surface area contributed by atoms with Gasteiger partial charge in [0.2, 0.25) is 0 Å². The number of thioether (sulfide) groups is 1. The predicted octanol–water partition coefficient (Wildman–Crippen LogP) is 3.05. The molecular formula is C18H37N3O2S. The van der Waals surface area contributed by atoms with Gasteiger partial charge in [-0.1, -0.05) is 20.3 Å². The van der Waals surface area contributed by atoms with Crippen molar-refractivity contribution in [3.8, 4) is 0 Å². The van der Waals surface area contributed by atoms with Gasteiger partial charge in [-0.3, -0.25) is 4.99 Å². The number of hydrogen-bond acceptors (Lipinski definition) is 4. The van der Waals surface area contributed by atoms with Gasteiger partial charge < -0.3 is 20.1 Å². The van der Waals surface area contributed by atoms with Crippen LogP contribution in [-0.2, 0) is 9.47 Å². The minimum atomic E-state index is 0.555. The van der Waals surface area contributed by atoms with Crippen LogP contribution in [0.25, 0.3) is 0 Å². The van der Waals surface area contributed by atoms with E-state index in [9.17, 15) is 0 Å². The summed E-state index contributed by atoms with van der Waals surface area (Å²) in [6, 6.07) is 0.555. The van der Waals surface area contributed by atoms with Gasteiger partial charge in [-0.05, 0) is 38.4 Å². The van der Waals surface area contributed by atoms with Crippen LogP contribution in [0.3, 0.4) is 0 Å². The Kier molecular flexibility index (Phi) is 13.4. The lowest BCUT2D eigenvalue weighted by Gasteiger charge is -2.17. The van der Waals surface area contributed by atoms with Gasteiger partial charge >= 0.3 is 0 Å². The molecule has 0 amide bonds. The van der Waals surface area contributed by atoms with Crippen molar-refractivity contribution < 1.29 is 9.47 Å². The molecule has 0 aromatic heterocycles. The minimum Gasteiger partial charge on any atom is -0.379 e. The molecule has 0 saturated heterocycles. The summed E-state index contributed by atoms with van der Waals surface area (Å²) in [6.45, 7) is 10.9. The van der Waals surface area contributed by atoms with Crippen LogP contribution in [-0.4, -0.2) is 62.5 Å². The highest BCUT2D eigenvalue weighted by molar-refractivity contribution is 7.99. The summed E-state index contributed by atoms with van der Waals surface area (Å²) in [4.78, 5) is 4.62. The number of ether oxygens (including phenoxy) is 2. The fourth-order valence-electron chi connectivity index (χ4n) is 2.76. The first kappa shape index (κ1) is 21.6. The lowest BCUT2D eigenvalue weighted by atomic mass is 10.2. The largest absolute Gasteiger partial charge is 0.379 e. The molecule has 0 bridgehead atoms. The van der Waals surface area contributed by atoms with Crippen molar-refractivity contribution >= 4 is 17.7 Å². The Morgan fingerprint density at radius 2 is 1.88 bits per heavy atom. The van der Waals surface area contributed by atoms with Crippen molar-refractivity contribution in [1.29, 1.82) is 0 Å². The van der Waals surface area contributed by atoms with Crippen molar-refractivity contribution in [1.82, 2.24) is 10.6 Å². The summed E-state index contributed by atoms with van der Waals surface area (Å²) < 4.78 is 11.0. The van der Waals surface area contributed by atoms with Crippen LogP contribution >= 0.6 is 11.8 Å². The van der Waals surface area contributed by atoms with Gasteiger partial charge in [-0.15, -0.1) is 0 Å². The smallest absolute Gasteiger partial charge is 0.191 e. The SMILES string of the molecule is CCCCOCCOCCN=C(NCC)NC1CCC(SCC)C1. The average Bonchev–Trinajstić information content (AvgIpc) is 3.01. The number of nitrogens with one attached hydrogen (secondary N) is 2. The number of guanidine groups is 1. The van der Waals surface area contributed by atoms with Crippen LogP contribution in [0.4, 0.5) is 0 Å². The van der Waals surface area contributed by atoms with Crippen LogP contribution in [0.15, 0.2) is 4.99 Å². The quantitative estimate of drug-likeness (QED) is 0.301. The molecule has 5 nitrogen and oxygen atoms in total. The topological polar surface area (TPSA) is 54.9 Å². The highest BCUT2D eigenvalue weighted by atomic mass is 32.2. The van der Waals surface area contributed by atoms with E-state index < -0.39 is 0 Å². The summed E-state index contributed by atoms with van der Waals surface area (Å²) in [5.74, 6) is 2.14. The number of hydrogen-bond donors (Lipinski definition) is 2. The third-order valence-corrected chi connectivity index (χ3v) is 5.22. The molecule has 1 fully saturated rings. The van der Waals surface area contributed by atoms with Crippen LogP contribution in [0.2, 0.25) is 0 Å². The van der Waals surface area contributed by atoms with E-state index in [2.05, 4.69) is 48.2 Å². The fraction of sp³-hybridized carbons (Fsp3) is 0.944. The summed E-state index contributed by atoms with van der Waals surface area (Å²) in [5.41, 5.74) is 0. The van der Waals surface area contributed by atoms with Gasteiger partial charge in [0.1, 0.15) is 0 Å². The lowest BCUT2D eigenvalue weighted by Crippen LogP contribution is -2.42. The molecule has 1 aliphatic carbocycles. The molecule has 6 heteroatoms. The van der Waals surface area contributed by atoms with E-state index in [1.165, 1.54) is 31.4 Å². The first-order chi connectivity index (χ1) is 11.8. The second kappa shape index (κ2) is 14.8. The molecule has 0 aromatic rings. The van der Waals surface area contributed by atoms with Crippen molar-refractivity contribution in [2.24, 2.45) is 4.99 Å². The Balaban J connectivity index is 2.14. The van der Waals surface area contributed by atoms with Gasteiger partial charge in [-0.25, -0.2) is 0 Å². The normalized spacial score (nSPS) is 21.2. The maximum atomic E-state index is 5.57. The standard InChI is InChI=1S/C18H37N3O2S/c1-4-7-11-22-13-14-23-12-10-20-18(19-5-2)21-16-8-9-17(15-16)24-6-3/h16-17H,4-15H2,1-3H3,(H2,19,20,21). The van der Waals surface area contributed by atoms with Gasteiger partial charge in [0.15, 0.2) is 5.96 Å². The van der Waals surface area contributed by atoms with Crippen LogP contribution in [0, 0.1) is 0 Å². The molecule has 2 atom stereocenters. The Morgan fingerprint density at radius 3 is 2.58 bits per heavy atom. The second-order valence-electron chi connectivity index (χ2n) is 6.07. The van der Waals surface area contributed by atoms with Crippen LogP contribution < -0.4 is 10.6 Å². The number of nitrogens with zero attached hydrogens (tertiary/aromatic N) is 1. The number of aliphatic imine (C=N–C) groups is 1. The molecular weight excluding hydrogens is 322 g/mol. The highest BCUT2D eigenvalue weighted by Crippen LogP contribution is 2.29. The summed E-state index contributed by atoms with van der Waals surface area (Å²) in [6.07, 6.45) is 6.11. The zero-order valence-corrected chi connectivity index (χ0v) is 16.6. The Hall–Kier alpha value is -0.460. The molecule has 0 heterocycles. The highest BCUT2D eigenvalue weighted by Gasteiger charge is 2.24. The summed E-state index contributed by atoms with van der Waals surface area (Å²) in [7, 11) is 0. The van der Waals surface area contributed by atoms with E-state index in [1.807, 2.05) is 0 Å². The zero-order chi connectivity index (χ0) is 17.5. The Labute approximate surface area is 152 Å². The Morgan fingerprint density at radius 1 is 1.08 bits per heavy atom. The average molecular weight is 360 g/mol. The lowest BCUT2D eigenvalue weighted by molar-refractivity contribution is 0.0497. The van der Waals surface area contributed by atoms with Gasteiger partial charge in [-0.2, -0.15) is 11.8 Å². The van der Waals surface area contributed by atoms with E-state index in [0.29, 0.717) is 32.4 Å². The summed E-state index contributed by atoms with van der Waals surface area (Å²) in [5, 5.41) is 7.72. The molecule has 0 spiro atoms. The van der Waals surface area contributed by atoms with E-state index >= 15 is 0 Å². The molecule has 1 aliphatic rings. The molecule has 2 N–H and O–H groups in total. The van der Waals surface area contributed by atoms with E-state index in [0.717, 1.165) is 30.8 Å². The van der Waals surface area contributed by atoms with E-state index in [1.54, 1.807) is 0 Å². The third-order valence-electron chi connectivity index (χ3n) is 3.99. The minimum absolute atomic E-state index is 0.555. The number of unbranched alkanes of at least 4 members (excludes halogenated alkanes) is 1. The maximum Gasteiger partial charge on any atom is 0.191 e. The first-order valence-electron chi connectivity index (χ1n) is 9.62. The first-order valence-corrected chi connectivity index (χ1v) is 10.7. The molecule has 24 heavy (non-hydrogen) atoms. The maximum absolute atomic E-state index is 5.57.